The Kier molecular flexibility index (Phi) is 7.67. The van der Waals surface area contributed by atoms with E-state index in [2.05, 4.69) is 5.32 Å². The minimum absolute atomic E-state index is 0.0382. The molecule has 0 radical (unpaired) electrons. The molecule has 0 heterocycles. The Balaban J connectivity index is 1.93. The summed E-state index contributed by atoms with van der Waals surface area (Å²) in [7, 11) is -2.18. The summed E-state index contributed by atoms with van der Waals surface area (Å²) < 4.78 is 31.4. The van der Waals surface area contributed by atoms with Crippen molar-refractivity contribution >= 4 is 44.6 Å². The van der Waals surface area contributed by atoms with Gasteiger partial charge in [0.05, 0.1) is 16.9 Å². The third kappa shape index (κ3) is 6.28. The smallest absolute Gasteiger partial charge is 0.288 e. The molecule has 35 heavy (non-hydrogen) atoms. The van der Waals surface area contributed by atoms with Gasteiger partial charge >= 0.3 is 0 Å². The Bertz CT molecular complexity index is 1410. The molecule has 0 fully saturated rings. The Hall–Kier alpha value is -3.63. The second-order valence-electron chi connectivity index (χ2n) is 8.01. The number of carbonyl (C=O) groups is 1. The van der Waals surface area contributed by atoms with Crippen LogP contribution in [0.25, 0.3) is 0 Å². The fourth-order valence-corrected chi connectivity index (χ4v) is 3.95. The highest BCUT2D eigenvalue weighted by Crippen LogP contribution is 2.33. The van der Waals surface area contributed by atoms with Crippen molar-refractivity contribution in [1.82, 2.24) is 0 Å². The van der Waals surface area contributed by atoms with Crippen molar-refractivity contribution in [1.29, 1.82) is 0 Å². The summed E-state index contributed by atoms with van der Waals surface area (Å²) in [5, 5.41) is 13.7. The van der Waals surface area contributed by atoms with Gasteiger partial charge in [-0.15, -0.1) is 0 Å². The fraction of sp³-hybridized carbons (Fsp3) is 0.208. The van der Waals surface area contributed by atoms with Crippen LogP contribution in [0, 0.1) is 24.0 Å². The van der Waals surface area contributed by atoms with Gasteiger partial charge in [0.1, 0.15) is 17.4 Å². The molecular weight excluding hydrogens is 494 g/mol. The molecule has 0 aliphatic rings. The summed E-state index contributed by atoms with van der Waals surface area (Å²) in [4.78, 5) is 23.2. The first-order chi connectivity index (χ1) is 16.4. The third-order valence-electron chi connectivity index (χ3n) is 5.35. The molecule has 184 valence electrons. The van der Waals surface area contributed by atoms with Gasteiger partial charge in [0, 0.05) is 30.4 Å². The molecule has 0 aliphatic heterocycles. The maximum absolute atomic E-state index is 12.7. The van der Waals surface area contributed by atoms with Gasteiger partial charge in [-0.2, -0.15) is 0 Å². The molecule has 3 aromatic rings. The van der Waals surface area contributed by atoms with Crippen molar-refractivity contribution in [2.45, 2.75) is 20.5 Å². The first-order valence-corrected chi connectivity index (χ1v) is 12.6. The summed E-state index contributed by atoms with van der Waals surface area (Å²) in [5.74, 6) is -0.367. The van der Waals surface area contributed by atoms with Crippen molar-refractivity contribution in [2.75, 3.05) is 22.9 Å². The molecule has 0 aliphatic carbocycles. The van der Waals surface area contributed by atoms with Crippen LogP contribution in [-0.4, -0.2) is 32.6 Å². The van der Waals surface area contributed by atoms with Crippen molar-refractivity contribution in [3.8, 4) is 5.75 Å². The van der Waals surface area contributed by atoms with E-state index in [0.717, 1.165) is 33.3 Å². The molecule has 0 saturated heterocycles. The summed E-state index contributed by atoms with van der Waals surface area (Å²) in [6.45, 7) is 4.09. The molecule has 3 rings (SSSR count). The van der Waals surface area contributed by atoms with E-state index in [-0.39, 0.29) is 34.3 Å². The number of hydrogen-bond donors (Lipinski definition) is 1. The average Bonchev–Trinajstić information content (AvgIpc) is 2.78. The number of nitrogens with one attached hydrogen (secondary N) is 1. The number of nitro groups is 1. The lowest BCUT2D eigenvalue weighted by Crippen LogP contribution is -2.25. The highest BCUT2D eigenvalue weighted by molar-refractivity contribution is 7.92. The summed E-state index contributed by atoms with van der Waals surface area (Å²) >= 11 is 5.82. The van der Waals surface area contributed by atoms with Gasteiger partial charge in [0.25, 0.3) is 11.6 Å². The Morgan fingerprint density at radius 2 is 1.83 bits per heavy atom. The average molecular weight is 518 g/mol. The largest absolute Gasteiger partial charge is 0.487 e. The molecule has 0 spiro atoms. The lowest BCUT2D eigenvalue weighted by atomic mass is 10.1. The van der Waals surface area contributed by atoms with Gasteiger partial charge in [-0.25, -0.2) is 8.42 Å². The molecule has 0 bridgehead atoms. The molecule has 0 atom stereocenters. The highest BCUT2D eigenvalue weighted by Gasteiger charge is 2.20. The van der Waals surface area contributed by atoms with Crippen LogP contribution >= 0.6 is 11.6 Å². The molecule has 0 saturated carbocycles. The number of carbonyl (C=O) groups excluding carboxylic acids is 1. The summed E-state index contributed by atoms with van der Waals surface area (Å²) in [6, 6.07) is 14.2. The lowest BCUT2D eigenvalue weighted by molar-refractivity contribution is -0.384. The summed E-state index contributed by atoms with van der Waals surface area (Å²) in [5.41, 5.74) is 3.26. The summed E-state index contributed by atoms with van der Waals surface area (Å²) in [6.07, 6.45) is 1.07. The fourth-order valence-electron chi connectivity index (χ4n) is 3.25. The lowest BCUT2D eigenvalue weighted by Gasteiger charge is -2.21. The SMILES string of the molecule is Cc1ccc(C)c(COc2cc(NC(=O)c3ccc(Cl)c([N+](=O)[O-])c3)ccc2N(C)S(C)(=O)=O)c1. The molecule has 0 aromatic heterocycles. The van der Waals surface area contributed by atoms with Crippen LogP contribution in [0.15, 0.2) is 54.6 Å². The van der Waals surface area contributed by atoms with Gasteiger partial charge in [-0.3, -0.25) is 19.2 Å². The van der Waals surface area contributed by atoms with E-state index >= 15 is 0 Å². The number of ether oxygens (including phenoxy) is 1. The third-order valence-corrected chi connectivity index (χ3v) is 6.86. The number of nitrogens with zero attached hydrogens (tertiary/aromatic N) is 2. The maximum Gasteiger partial charge on any atom is 0.288 e. The van der Waals surface area contributed by atoms with E-state index in [1.165, 1.54) is 37.4 Å². The van der Waals surface area contributed by atoms with Crippen molar-refractivity contribution in [3.05, 3.63) is 92.0 Å². The van der Waals surface area contributed by atoms with Crippen LogP contribution < -0.4 is 14.4 Å². The molecule has 1 N–H and O–H groups in total. The van der Waals surface area contributed by atoms with Gasteiger partial charge in [-0.05, 0) is 49.2 Å². The minimum Gasteiger partial charge on any atom is -0.487 e. The predicted octanol–water partition coefficient (Wildman–Crippen LogP) is 5.09. The maximum atomic E-state index is 12.7. The minimum atomic E-state index is -3.58. The number of amides is 1. The quantitative estimate of drug-likeness (QED) is 0.328. The van der Waals surface area contributed by atoms with Crippen molar-refractivity contribution in [3.63, 3.8) is 0 Å². The number of benzene rings is 3. The Morgan fingerprint density at radius 3 is 2.49 bits per heavy atom. The topological polar surface area (TPSA) is 119 Å². The van der Waals surface area contributed by atoms with Crippen molar-refractivity contribution in [2.24, 2.45) is 0 Å². The van der Waals surface area contributed by atoms with Crippen LogP contribution in [0.2, 0.25) is 5.02 Å². The second-order valence-corrected chi connectivity index (χ2v) is 10.4. The van der Waals surface area contributed by atoms with Gasteiger partial charge in [0.2, 0.25) is 10.0 Å². The molecular formula is C24H24ClN3O6S. The van der Waals surface area contributed by atoms with Crippen molar-refractivity contribution < 1.29 is 22.9 Å². The monoisotopic (exact) mass is 517 g/mol. The molecule has 11 heteroatoms. The first kappa shape index (κ1) is 26.0. The van der Waals surface area contributed by atoms with E-state index in [0.29, 0.717) is 5.69 Å². The van der Waals surface area contributed by atoms with E-state index in [4.69, 9.17) is 16.3 Å². The van der Waals surface area contributed by atoms with Crippen LogP contribution in [0.3, 0.4) is 0 Å². The van der Waals surface area contributed by atoms with Crippen LogP contribution in [0.1, 0.15) is 27.0 Å². The zero-order valence-electron chi connectivity index (χ0n) is 19.5. The van der Waals surface area contributed by atoms with E-state index in [1.807, 2.05) is 32.0 Å². The molecule has 9 nitrogen and oxygen atoms in total. The molecule has 0 unspecified atom stereocenters. The van der Waals surface area contributed by atoms with Crippen LogP contribution in [-0.2, 0) is 16.6 Å². The Labute approximate surface area is 208 Å². The van der Waals surface area contributed by atoms with Crippen LogP contribution in [0.4, 0.5) is 17.1 Å². The first-order valence-electron chi connectivity index (χ1n) is 10.4. The van der Waals surface area contributed by atoms with Gasteiger partial charge < -0.3 is 10.1 Å². The van der Waals surface area contributed by atoms with Gasteiger partial charge in [0.15, 0.2) is 0 Å². The van der Waals surface area contributed by atoms with E-state index in [1.54, 1.807) is 0 Å². The zero-order valence-corrected chi connectivity index (χ0v) is 21.1. The number of halogens is 1. The van der Waals surface area contributed by atoms with Gasteiger partial charge in [-0.1, -0.05) is 35.4 Å². The van der Waals surface area contributed by atoms with Crippen LogP contribution in [0.5, 0.6) is 5.75 Å². The normalized spacial score (nSPS) is 11.1. The van der Waals surface area contributed by atoms with E-state index in [9.17, 15) is 23.3 Å². The number of anilines is 2. The number of aryl methyl sites for hydroxylation is 2. The Morgan fingerprint density at radius 1 is 1.11 bits per heavy atom. The molecule has 1 amide bonds. The predicted molar refractivity (Wildman–Crippen MR) is 136 cm³/mol. The highest BCUT2D eigenvalue weighted by atomic mass is 35.5. The number of sulfonamides is 1. The zero-order chi connectivity index (χ0) is 25.9. The number of rotatable bonds is 8. The van der Waals surface area contributed by atoms with E-state index < -0.39 is 20.9 Å². The molecule has 3 aromatic carbocycles. The second kappa shape index (κ2) is 10.3. The standard InChI is InChI=1S/C24H24ClN3O6S/c1-15-5-6-16(2)18(11-15)14-34-23-13-19(8-10-21(23)27(3)35(4,32)33)26-24(29)17-7-9-20(25)22(12-17)28(30)31/h5-13H,14H2,1-4H3,(H,26,29). The number of nitro benzene ring substituents is 1. The number of hydrogen-bond acceptors (Lipinski definition) is 6.